The van der Waals surface area contributed by atoms with Crippen LogP contribution in [0.3, 0.4) is 0 Å². The first-order chi connectivity index (χ1) is 7.09. The molecule has 82 valence electrons. The topological polar surface area (TPSA) is 54.0 Å². The van der Waals surface area contributed by atoms with Crippen molar-refractivity contribution >= 4 is 6.03 Å². The van der Waals surface area contributed by atoms with Gasteiger partial charge in [0.05, 0.1) is 6.04 Å². The van der Waals surface area contributed by atoms with Crippen molar-refractivity contribution in [1.29, 1.82) is 0 Å². The number of rotatable bonds is 3. The smallest absolute Gasteiger partial charge is 0.315 e. The average molecular weight is 207 g/mol. The van der Waals surface area contributed by atoms with Crippen LogP contribution >= 0.6 is 0 Å². The highest BCUT2D eigenvalue weighted by atomic mass is 16.2. The zero-order chi connectivity index (χ0) is 11.3. The van der Waals surface area contributed by atoms with E-state index in [0.717, 1.165) is 5.56 Å². The first kappa shape index (κ1) is 11.5. The highest BCUT2D eigenvalue weighted by Crippen LogP contribution is 2.08. The second kappa shape index (κ2) is 5.34. The van der Waals surface area contributed by atoms with Crippen molar-refractivity contribution in [1.82, 2.24) is 15.6 Å². The second-order valence-corrected chi connectivity index (χ2v) is 3.78. The summed E-state index contributed by atoms with van der Waals surface area (Å²) in [7, 11) is 0. The Bertz CT molecular complexity index is 311. The van der Waals surface area contributed by atoms with Crippen molar-refractivity contribution in [2.75, 3.05) is 0 Å². The van der Waals surface area contributed by atoms with Crippen molar-refractivity contribution in [3.8, 4) is 0 Å². The fourth-order valence-corrected chi connectivity index (χ4v) is 1.22. The van der Waals surface area contributed by atoms with Crippen LogP contribution in [0.25, 0.3) is 0 Å². The van der Waals surface area contributed by atoms with Crippen LogP contribution in [0, 0.1) is 0 Å². The van der Waals surface area contributed by atoms with Gasteiger partial charge in [-0.1, -0.05) is 6.07 Å². The third-order valence-electron chi connectivity index (χ3n) is 1.95. The van der Waals surface area contributed by atoms with Crippen LogP contribution in [0.2, 0.25) is 0 Å². The van der Waals surface area contributed by atoms with Gasteiger partial charge >= 0.3 is 6.03 Å². The summed E-state index contributed by atoms with van der Waals surface area (Å²) in [4.78, 5) is 15.4. The van der Waals surface area contributed by atoms with Gasteiger partial charge in [0, 0.05) is 18.4 Å². The summed E-state index contributed by atoms with van der Waals surface area (Å²) in [5.41, 5.74) is 0.997. The normalized spacial score (nSPS) is 12.3. The lowest BCUT2D eigenvalue weighted by Gasteiger charge is -2.15. The standard InChI is InChI=1S/C11H17N3O/c1-8(2)13-11(15)14-9(3)10-5-4-6-12-7-10/h4-9H,1-3H3,(H2,13,14,15). The lowest BCUT2D eigenvalue weighted by Crippen LogP contribution is -2.40. The molecule has 1 unspecified atom stereocenters. The highest BCUT2D eigenvalue weighted by Gasteiger charge is 2.09. The van der Waals surface area contributed by atoms with Gasteiger partial charge in [-0.05, 0) is 32.4 Å². The van der Waals surface area contributed by atoms with Crippen molar-refractivity contribution in [3.05, 3.63) is 30.1 Å². The average Bonchev–Trinajstić information content (AvgIpc) is 2.17. The molecule has 4 nitrogen and oxygen atoms in total. The third kappa shape index (κ3) is 3.97. The predicted octanol–water partition coefficient (Wildman–Crippen LogP) is 1.85. The van der Waals surface area contributed by atoms with Crippen LogP contribution in [-0.2, 0) is 0 Å². The molecule has 0 radical (unpaired) electrons. The Balaban J connectivity index is 2.49. The van der Waals surface area contributed by atoms with Crippen molar-refractivity contribution in [2.24, 2.45) is 0 Å². The zero-order valence-corrected chi connectivity index (χ0v) is 9.32. The molecule has 0 spiro atoms. The summed E-state index contributed by atoms with van der Waals surface area (Å²) in [6.07, 6.45) is 3.46. The maximum Gasteiger partial charge on any atom is 0.315 e. The molecule has 2 amide bonds. The lowest BCUT2D eigenvalue weighted by atomic mass is 10.1. The van der Waals surface area contributed by atoms with E-state index in [0.29, 0.717) is 0 Å². The van der Waals surface area contributed by atoms with Crippen molar-refractivity contribution in [2.45, 2.75) is 32.9 Å². The van der Waals surface area contributed by atoms with E-state index in [2.05, 4.69) is 15.6 Å². The molecule has 2 N–H and O–H groups in total. The minimum absolute atomic E-state index is 0.0301. The molecule has 0 aromatic carbocycles. The molecule has 1 atom stereocenters. The Hall–Kier alpha value is -1.58. The van der Waals surface area contributed by atoms with E-state index >= 15 is 0 Å². The molecule has 0 aliphatic heterocycles. The predicted molar refractivity (Wildman–Crippen MR) is 59.5 cm³/mol. The van der Waals surface area contributed by atoms with Gasteiger partial charge < -0.3 is 10.6 Å². The molecular weight excluding hydrogens is 190 g/mol. The fraction of sp³-hybridized carbons (Fsp3) is 0.455. The van der Waals surface area contributed by atoms with E-state index in [1.807, 2.05) is 32.9 Å². The molecule has 0 saturated carbocycles. The Labute approximate surface area is 90.1 Å². The number of nitrogens with zero attached hydrogens (tertiary/aromatic N) is 1. The number of urea groups is 1. The molecule has 1 heterocycles. The second-order valence-electron chi connectivity index (χ2n) is 3.78. The van der Waals surface area contributed by atoms with Crippen LogP contribution < -0.4 is 10.6 Å². The van der Waals surface area contributed by atoms with E-state index in [1.54, 1.807) is 12.4 Å². The van der Waals surface area contributed by atoms with Crippen LogP contribution in [-0.4, -0.2) is 17.1 Å². The monoisotopic (exact) mass is 207 g/mol. The molecule has 0 bridgehead atoms. The summed E-state index contributed by atoms with van der Waals surface area (Å²) in [5, 5.41) is 5.61. The largest absolute Gasteiger partial charge is 0.336 e. The molecule has 1 aromatic heterocycles. The van der Waals surface area contributed by atoms with E-state index < -0.39 is 0 Å². The van der Waals surface area contributed by atoms with E-state index in [1.165, 1.54) is 0 Å². The number of nitrogens with one attached hydrogen (secondary N) is 2. The molecule has 4 heteroatoms. The van der Waals surface area contributed by atoms with Gasteiger partial charge in [0.15, 0.2) is 0 Å². The minimum Gasteiger partial charge on any atom is -0.336 e. The molecule has 0 aliphatic carbocycles. The van der Waals surface area contributed by atoms with Gasteiger partial charge in [0.25, 0.3) is 0 Å². The Kier molecular flexibility index (Phi) is 4.09. The molecule has 0 saturated heterocycles. The Morgan fingerprint density at radius 3 is 2.60 bits per heavy atom. The number of carbonyl (C=O) groups is 1. The number of aromatic nitrogens is 1. The molecule has 1 rings (SSSR count). The summed E-state index contributed by atoms with van der Waals surface area (Å²) in [6.45, 7) is 5.78. The van der Waals surface area contributed by atoms with Crippen molar-refractivity contribution < 1.29 is 4.79 Å². The number of amides is 2. The molecule has 0 fully saturated rings. The van der Waals surface area contributed by atoms with Gasteiger partial charge in [0.2, 0.25) is 0 Å². The molecule has 15 heavy (non-hydrogen) atoms. The van der Waals surface area contributed by atoms with Gasteiger partial charge in [-0.15, -0.1) is 0 Å². The minimum atomic E-state index is -0.152. The zero-order valence-electron chi connectivity index (χ0n) is 9.32. The highest BCUT2D eigenvalue weighted by molar-refractivity contribution is 5.74. The maximum atomic E-state index is 11.4. The van der Waals surface area contributed by atoms with Crippen LogP contribution in [0.5, 0.6) is 0 Å². The third-order valence-corrected chi connectivity index (χ3v) is 1.95. The maximum absolute atomic E-state index is 11.4. The quantitative estimate of drug-likeness (QED) is 0.794. The Morgan fingerprint density at radius 1 is 1.33 bits per heavy atom. The number of hydrogen-bond donors (Lipinski definition) is 2. The summed E-state index contributed by atoms with van der Waals surface area (Å²) < 4.78 is 0. The molecular formula is C11H17N3O. The summed E-state index contributed by atoms with van der Waals surface area (Å²) in [6, 6.07) is 3.76. The summed E-state index contributed by atoms with van der Waals surface area (Å²) >= 11 is 0. The Morgan fingerprint density at radius 2 is 2.07 bits per heavy atom. The van der Waals surface area contributed by atoms with Gasteiger partial charge in [-0.25, -0.2) is 4.79 Å². The van der Waals surface area contributed by atoms with Crippen molar-refractivity contribution in [3.63, 3.8) is 0 Å². The van der Waals surface area contributed by atoms with Gasteiger partial charge in [-0.3, -0.25) is 4.98 Å². The van der Waals surface area contributed by atoms with Crippen LogP contribution in [0.15, 0.2) is 24.5 Å². The lowest BCUT2D eigenvalue weighted by molar-refractivity contribution is 0.235. The number of carbonyl (C=O) groups excluding carboxylic acids is 1. The molecule has 0 aliphatic rings. The first-order valence-corrected chi connectivity index (χ1v) is 5.06. The van der Waals surface area contributed by atoms with E-state index in [4.69, 9.17) is 0 Å². The van der Waals surface area contributed by atoms with E-state index in [-0.39, 0.29) is 18.1 Å². The fourth-order valence-electron chi connectivity index (χ4n) is 1.22. The van der Waals surface area contributed by atoms with Gasteiger partial charge in [0.1, 0.15) is 0 Å². The SMILES string of the molecule is CC(C)NC(=O)NC(C)c1cccnc1. The number of hydrogen-bond acceptors (Lipinski definition) is 2. The molecule has 1 aromatic rings. The van der Waals surface area contributed by atoms with Crippen LogP contribution in [0.1, 0.15) is 32.4 Å². The van der Waals surface area contributed by atoms with Gasteiger partial charge in [-0.2, -0.15) is 0 Å². The van der Waals surface area contributed by atoms with E-state index in [9.17, 15) is 4.79 Å². The number of pyridine rings is 1. The van der Waals surface area contributed by atoms with Crippen LogP contribution in [0.4, 0.5) is 4.79 Å². The summed E-state index contributed by atoms with van der Waals surface area (Å²) in [5.74, 6) is 0. The first-order valence-electron chi connectivity index (χ1n) is 5.06.